The van der Waals surface area contributed by atoms with Crippen molar-refractivity contribution >= 4 is 5.91 Å². The minimum absolute atomic E-state index is 0.128. The molecule has 4 atom stereocenters. The molecule has 1 amide bonds. The van der Waals surface area contributed by atoms with Crippen LogP contribution >= 0.6 is 0 Å². The van der Waals surface area contributed by atoms with Gasteiger partial charge in [-0.2, -0.15) is 0 Å². The second-order valence-electron chi connectivity index (χ2n) is 4.62. The third kappa shape index (κ3) is 2.62. The number of aliphatic hydroxyl groups is 4. The minimum atomic E-state index is -1.37. The Kier molecular flexibility index (Phi) is 4.16. The van der Waals surface area contributed by atoms with Crippen molar-refractivity contribution in [1.29, 1.82) is 0 Å². The van der Waals surface area contributed by atoms with E-state index in [0.29, 0.717) is 5.56 Å². The number of nitrogens with zero attached hydrogens (tertiary/aromatic N) is 1. The molecule has 0 spiro atoms. The summed E-state index contributed by atoms with van der Waals surface area (Å²) in [6, 6.07) is 7.47. The van der Waals surface area contributed by atoms with Gasteiger partial charge in [-0.1, -0.05) is 18.2 Å². The van der Waals surface area contributed by atoms with Gasteiger partial charge in [0, 0.05) is 5.56 Å². The Labute approximate surface area is 110 Å². The van der Waals surface area contributed by atoms with Crippen molar-refractivity contribution in [3.05, 3.63) is 35.9 Å². The first kappa shape index (κ1) is 14.0. The van der Waals surface area contributed by atoms with Crippen LogP contribution in [0.3, 0.4) is 0 Å². The van der Waals surface area contributed by atoms with Crippen LogP contribution < -0.4 is 0 Å². The molecule has 2 rings (SSSR count). The first-order valence-electron chi connectivity index (χ1n) is 6.07. The maximum Gasteiger partial charge on any atom is 0.254 e. The fourth-order valence-corrected chi connectivity index (χ4v) is 2.27. The van der Waals surface area contributed by atoms with Crippen LogP contribution in [0.5, 0.6) is 0 Å². The van der Waals surface area contributed by atoms with Crippen molar-refractivity contribution in [2.75, 3.05) is 13.2 Å². The Morgan fingerprint density at radius 3 is 2.37 bits per heavy atom. The Balaban J connectivity index is 2.24. The van der Waals surface area contributed by atoms with Crippen LogP contribution in [0, 0.1) is 0 Å². The fourth-order valence-electron chi connectivity index (χ4n) is 2.27. The highest BCUT2D eigenvalue weighted by Crippen LogP contribution is 2.21. The lowest BCUT2D eigenvalue weighted by Gasteiger charge is -2.43. The van der Waals surface area contributed by atoms with Gasteiger partial charge >= 0.3 is 0 Å². The molecule has 0 radical (unpaired) electrons. The van der Waals surface area contributed by atoms with Crippen LogP contribution in [0.15, 0.2) is 30.3 Å². The first-order valence-corrected chi connectivity index (χ1v) is 6.07. The van der Waals surface area contributed by atoms with Crippen LogP contribution in [0.2, 0.25) is 0 Å². The summed E-state index contributed by atoms with van der Waals surface area (Å²) in [6.07, 6.45) is -3.97. The molecule has 1 aromatic rings. The van der Waals surface area contributed by atoms with Gasteiger partial charge in [-0.3, -0.25) is 4.79 Å². The van der Waals surface area contributed by atoms with Crippen LogP contribution in [0.25, 0.3) is 0 Å². The Morgan fingerprint density at radius 1 is 1.16 bits per heavy atom. The normalized spacial score (nSPS) is 31.3. The van der Waals surface area contributed by atoms with Gasteiger partial charge in [-0.25, -0.2) is 0 Å². The van der Waals surface area contributed by atoms with Crippen LogP contribution in [0.1, 0.15) is 10.4 Å². The second-order valence-corrected chi connectivity index (χ2v) is 4.62. The summed E-state index contributed by atoms with van der Waals surface area (Å²) in [5.41, 5.74) is 0.400. The standard InChI is InChI=1S/C13H17NO5/c15-7-9-11(17)12(18)10(16)6-14(9)13(19)8-4-2-1-3-5-8/h1-5,9-12,15-18H,6-7H2/t9?,10-,11+,12+/m0/s1. The summed E-state index contributed by atoms with van der Waals surface area (Å²) in [5.74, 6) is -0.398. The molecule has 0 aliphatic carbocycles. The quantitative estimate of drug-likeness (QED) is 0.527. The summed E-state index contributed by atoms with van der Waals surface area (Å²) in [6.45, 7) is -0.610. The lowest BCUT2D eigenvalue weighted by atomic mass is 9.93. The fraction of sp³-hybridized carbons (Fsp3) is 0.462. The summed E-state index contributed by atoms with van der Waals surface area (Å²) >= 11 is 0. The lowest BCUT2D eigenvalue weighted by Crippen LogP contribution is -2.63. The summed E-state index contributed by atoms with van der Waals surface area (Å²) in [4.78, 5) is 13.5. The van der Waals surface area contributed by atoms with Crippen molar-refractivity contribution in [2.24, 2.45) is 0 Å². The van der Waals surface area contributed by atoms with E-state index in [1.54, 1.807) is 30.3 Å². The largest absolute Gasteiger partial charge is 0.394 e. The number of likely N-dealkylation sites (tertiary alicyclic amines) is 1. The number of hydrogen-bond acceptors (Lipinski definition) is 5. The molecule has 19 heavy (non-hydrogen) atoms. The molecule has 1 fully saturated rings. The zero-order chi connectivity index (χ0) is 14.0. The van der Waals surface area contributed by atoms with Crippen LogP contribution in [0.4, 0.5) is 0 Å². The monoisotopic (exact) mass is 267 g/mol. The summed E-state index contributed by atoms with van der Waals surface area (Å²) < 4.78 is 0. The number of hydrogen-bond donors (Lipinski definition) is 4. The van der Waals surface area contributed by atoms with Gasteiger partial charge in [0.05, 0.1) is 19.2 Å². The molecular formula is C13H17NO5. The number of benzene rings is 1. The molecular weight excluding hydrogens is 250 g/mol. The van der Waals surface area contributed by atoms with Gasteiger partial charge in [0.25, 0.3) is 5.91 Å². The Morgan fingerprint density at radius 2 is 1.79 bits per heavy atom. The maximum atomic E-state index is 12.3. The average molecular weight is 267 g/mol. The first-order chi connectivity index (χ1) is 9.06. The van der Waals surface area contributed by atoms with Crippen molar-refractivity contribution in [3.63, 3.8) is 0 Å². The van der Waals surface area contributed by atoms with Crippen LogP contribution in [-0.2, 0) is 0 Å². The molecule has 1 aliphatic rings. The second kappa shape index (κ2) is 5.66. The van der Waals surface area contributed by atoms with E-state index < -0.39 is 36.9 Å². The van der Waals surface area contributed by atoms with E-state index >= 15 is 0 Å². The van der Waals surface area contributed by atoms with Crippen molar-refractivity contribution in [2.45, 2.75) is 24.4 Å². The summed E-state index contributed by atoms with van der Waals surface area (Å²) in [5, 5.41) is 38.3. The molecule has 0 bridgehead atoms. The van der Waals surface area contributed by atoms with Crippen molar-refractivity contribution < 1.29 is 25.2 Å². The highest BCUT2D eigenvalue weighted by molar-refractivity contribution is 5.94. The number of amides is 1. The molecule has 6 heteroatoms. The number of piperidine rings is 1. The van der Waals surface area contributed by atoms with Gasteiger partial charge in [-0.15, -0.1) is 0 Å². The van der Waals surface area contributed by atoms with Gasteiger partial charge in [-0.05, 0) is 12.1 Å². The predicted molar refractivity (Wildman–Crippen MR) is 66.4 cm³/mol. The molecule has 6 nitrogen and oxygen atoms in total. The molecule has 0 aromatic heterocycles. The third-order valence-electron chi connectivity index (χ3n) is 3.39. The van der Waals surface area contributed by atoms with E-state index in [4.69, 9.17) is 0 Å². The number of rotatable bonds is 2. The summed E-state index contributed by atoms with van der Waals surface area (Å²) in [7, 11) is 0. The zero-order valence-electron chi connectivity index (χ0n) is 10.3. The number of carbonyl (C=O) groups is 1. The van der Waals surface area contributed by atoms with Crippen LogP contribution in [-0.4, -0.2) is 68.7 Å². The van der Waals surface area contributed by atoms with Gasteiger partial charge in [0.1, 0.15) is 18.3 Å². The van der Waals surface area contributed by atoms with Gasteiger partial charge < -0.3 is 25.3 Å². The van der Waals surface area contributed by atoms with Crippen molar-refractivity contribution in [3.8, 4) is 0 Å². The van der Waals surface area contributed by atoms with Gasteiger partial charge in [0.2, 0.25) is 0 Å². The zero-order valence-corrected chi connectivity index (χ0v) is 10.3. The molecule has 1 aliphatic heterocycles. The smallest absolute Gasteiger partial charge is 0.254 e. The van der Waals surface area contributed by atoms with E-state index in [2.05, 4.69) is 0 Å². The number of carbonyl (C=O) groups excluding carboxylic acids is 1. The molecule has 4 N–H and O–H groups in total. The molecule has 104 valence electrons. The van der Waals surface area contributed by atoms with E-state index in [1.807, 2.05) is 0 Å². The van der Waals surface area contributed by atoms with E-state index in [1.165, 1.54) is 4.90 Å². The third-order valence-corrected chi connectivity index (χ3v) is 3.39. The molecule has 0 saturated carbocycles. The average Bonchev–Trinajstić information content (AvgIpc) is 2.44. The maximum absolute atomic E-state index is 12.3. The van der Waals surface area contributed by atoms with E-state index in [9.17, 15) is 25.2 Å². The van der Waals surface area contributed by atoms with E-state index in [0.717, 1.165) is 0 Å². The molecule has 1 aromatic carbocycles. The number of β-amino-alcohol motifs (C(OH)–C–C–N with tert-alkyl or cyclic N) is 1. The van der Waals surface area contributed by atoms with Crippen molar-refractivity contribution in [1.82, 2.24) is 4.90 Å². The topological polar surface area (TPSA) is 101 Å². The minimum Gasteiger partial charge on any atom is -0.394 e. The Bertz CT molecular complexity index is 438. The molecule has 1 saturated heterocycles. The predicted octanol–water partition coefficient (Wildman–Crippen LogP) is -1.41. The Hall–Kier alpha value is -1.47. The highest BCUT2D eigenvalue weighted by atomic mass is 16.4. The molecule has 1 unspecified atom stereocenters. The van der Waals surface area contributed by atoms with E-state index in [-0.39, 0.29) is 6.54 Å². The highest BCUT2D eigenvalue weighted by Gasteiger charge is 2.43. The SMILES string of the molecule is O=C(c1ccccc1)N1C[C@H](O)[C@@H](O)[C@H](O)C1CO. The molecule has 1 heterocycles. The number of aliphatic hydroxyl groups excluding tert-OH is 4. The van der Waals surface area contributed by atoms with Gasteiger partial charge in [0.15, 0.2) is 0 Å². The lowest BCUT2D eigenvalue weighted by molar-refractivity contribution is -0.134.